The normalized spacial score (nSPS) is 10.6. The summed E-state index contributed by atoms with van der Waals surface area (Å²) in [5.74, 6) is -0.237. The number of aliphatic carboxylic acids is 1. The Morgan fingerprint density at radius 2 is 2.17 bits per heavy atom. The summed E-state index contributed by atoms with van der Waals surface area (Å²) in [5, 5.41) is 16.8. The Morgan fingerprint density at radius 1 is 1.39 bits per heavy atom. The first kappa shape index (κ1) is 12.6. The summed E-state index contributed by atoms with van der Waals surface area (Å²) in [5.41, 5.74) is 1.72. The monoisotopic (exact) mass is 266 g/mol. The SMILES string of the molecule is Cc1cc(Cl)cc(-c2nnc(CCC(=O)O)o2)c1. The molecule has 18 heavy (non-hydrogen) atoms. The molecule has 0 radical (unpaired) electrons. The van der Waals surface area contributed by atoms with Crippen LogP contribution in [0.5, 0.6) is 0 Å². The van der Waals surface area contributed by atoms with Gasteiger partial charge in [-0.25, -0.2) is 0 Å². The maximum absolute atomic E-state index is 10.4. The van der Waals surface area contributed by atoms with Gasteiger partial charge in [0.05, 0.1) is 6.42 Å². The van der Waals surface area contributed by atoms with Crippen molar-refractivity contribution in [1.29, 1.82) is 0 Å². The second-order valence-electron chi connectivity index (χ2n) is 3.91. The van der Waals surface area contributed by atoms with E-state index in [1.165, 1.54) is 0 Å². The second-order valence-corrected chi connectivity index (χ2v) is 4.35. The molecule has 6 heteroatoms. The van der Waals surface area contributed by atoms with Crippen molar-refractivity contribution < 1.29 is 14.3 Å². The summed E-state index contributed by atoms with van der Waals surface area (Å²) in [7, 11) is 0. The molecule has 2 rings (SSSR count). The van der Waals surface area contributed by atoms with Crippen molar-refractivity contribution in [3.05, 3.63) is 34.7 Å². The van der Waals surface area contributed by atoms with Gasteiger partial charge in [0.25, 0.3) is 0 Å². The molecule has 0 aliphatic heterocycles. The molecule has 0 fully saturated rings. The average molecular weight is 267 g/mol. The van der Waals surface area contributed by atoms with Gasteiger partial charge in [-0.3, -0.25) is 4.79 Å². The molecule has 0 bridgehead atoms. The predicted octanol–water partition coefficient (Wildman–Crippen LogP) is 2.72. The fraction of sp³-hybridized carbons (Fsp3) is 0.250. The third-order valence-corrected chi connectivity index (χ3v) is 2.53. The Labute approximate surface area is 108 Å². The van der Waals surface area contributed by atoms with Crippen molar-refractivity contribution in [3.8, 4) is 11.5 Å². The zero-order valence-electron chi connectivity index (χ0n) is 9.68. The molecule has 1 N–H and O–H groups in total. The third-order valence-electron chi connectivity index (χ3n) is 2.31. The number of halogens is 1. The van der Waals surface area contributed by atoms with Gasteiger partial charge in [-0.1, -0.05) is 11.6 Å². The predicted molar refractivity (Wildman–Crippen MR) is 65.4 cm³/mol. The largest absolute Gasteiger partial charge is 0.481 e. The minimum Gasteiger partial charge on any atom is -0.481 e. The number of hydrogen-bond donors (Lipinski definition) is 1. The van der Waals surface area contributed by atoms with E-state index < -0.39 is 5.97 Å². The maximum Gasteiger partial charge on any atom is 0.303 e. The molecule has 0 saturated carbocycles. The van der Waals surface area contributed by atoms with E-state index >= 15 is 0 Å². The number of benzene rings is 1. The Morgan fingerprint density at radius 3 is 2.83 bits per heavy atom. The van der Waals surface area contributed by atoms with Crippen molar-refractivity contribution in [1.82, 2.24) is 10.2 Å². The van der Waals surface area contributed by atoms with Crippen LogP contribution in [0.4, 0.5) is 0 Å². The number of aryl methyl sites for hydroxylation is 2. The van der Waals surface area contributed by atoms with Crippen molar-refractivity contribution in [2.24, 2.45) is 0 Å². The maximum atomic E-state index is 10.4. The molecule has 0 aliphatic rings. The van der Waals surface area contributed by atoms with Gasteiger partial charge in [-0.05, 0) is 30.7 Å². The lowest BCUT2D eigenvalue weighted by Gasteiger charge is -1.98. The van der Waals surface area contributed by atoms with E-state index in [9.17, 15) is 4.79 Å². The van der Waals surface area contributed by atoms with Crippen molar-refractivity contribution in [2.75, 3.05) is 0 Å². The summed E-state index contributed by atoms with van der Waals surface area (Å²) < 4.78 is 5.39. The van der Waals surface area contributed by atoms with Crippen LogP contribution in [-0.2, 0) is 11.2 Å². The molecular formula is C12H11ClN2O3. The van der Waals surface area contributed by atoms with Crippen molar-refractivity contribution in [2.45, 2.75) is 19.8 Å². The summed E-state index contributed by atoms with van der Waals surface area (Å²) >= 11 is 5.94. The van der Waals surface area contributed by atoms with Crippen LogP contribution in [-0.4, -0.2) is 21.3 Å². The van der Waals surface area contributed by atoms with Crippen LogP contribution in [0, 0.1) is 6.92 Å². The first-order valence-corrected chi connectivity index (χ1v) is 5.74. The van der Waals surface area contributed by atoms with Crippen LogP contribution in [0.1, 0.15) is 17.9 Å². The van der Waals surface area contributed by atoms with Crippen LogP contribution in [0.25, 0.3) is 11.5 Å². The second kappa shape index (κ2) is 5.18. The van der Waals surface area contributed by atoms with Gasteiger partial charge in [0.2, 0.25) is 11.8 Å². The van der Waals surface area contributed by atoms with Crippen LogP contribution >= 0.6 is 11.6 Å². The smallest absolute Gasteiger partial charge is 0.303 e. The average Bonchev–Trinajstić information content (AvgIpc) is 2.73. The Kier molecular flexibility index (Phi) is 3.62. The fourth-order valence-corrected chi connectivity index (χ4v) is 1.83. The standard InChI is InChI=1S/C12H11ClN2O3/c1-7-4-8(6-9(13)5-7)12-15-14-10(18-12)2-3-11(16)17/h4-6H,2-3H2,1H3,(H,16,17). The van der Waals surface area contributed by atoms with Gasteiger partial charge in [0.15, 0.2) is 0 Å². The first-order chi connectivity index (χ1) is 8.54. The van der Waals surface area contributed by atoms with E-state index in [2.05, 4.69) is 10.2 Å². The van der Waals surface area contributed by atoms with E-state index in [1.807, 2.05) is 19.1 Å². The van der Waals surface area contributed by atoms with Gasteiger partial charge in [0.1, 0.15) is 0 Å². The quantitative estimate of drug-likeness (QED) is 0.921. The molecule has 0 amide bonds. The molecule has 0 atom stereocenters. The molecular weight excluding hydrogens is 256 g/mol. The lowest BCUT2D eigenvalue weighted by Crippen LogP contribution is -1.97. The number of rotatable bonds is 4. The van der Waals surface area contributed by atoms with Crippen molar-refractivity contribution >= 4 is 17.6 Å². The fourth-order valence-electron chi connectivity index (χ4n) is 1.54. The lowest BCUT2D eigenvalue weighted by atomic mass is 10.1. The first-order valence-electron chi connectivity index (χ1n) is 5.36. The molecule has 0 spiro atoms. The molecule has 94 valence electrons. The topological polar surface area (TPSA) is 76.2 Å². The van der Waals surface area contributed by atoms with Crippen molar-refractivity contribution in [3.63, 3.8) is 0 Å². The Balaban J connectivity index is 2.21. The zero-order valence-corrected chi connectivity index (χ0v) is 10.4. The minimum absolute atomic E-state index is 0.0315. The zero-order chi connectivity index (χ0) is 13.1. The number of carboxylic acids is 1. The highest BCUT2D eigenvalue weighted by molar-refractivity contribution is 6.30. The van der Waals surface area contributed by atoms with Crippen LogP contribution in [0.3, 0.4) is 0 Å². The Bertz CT molecular complexity index is 560. The van der Waals surface area contributed by atoms with Gasteiger partial charge in [0, 0.05) is 17.0 Å². The number of aromatic nitrogens is 2. The summed E-state index contributed by atoms with van der Waals surface area (Å²) in [6.07, 6.45) is 0.193. The molecule has 1 heterocycles. The van der Waals surface area contributed by atoms with E-state index in [4.69, 9.17) is 21.1 Å². The summed E-state index contributed by atoms with van der Waals surface area (Å²) in [6, 6.07) is 5.43. The number of hydrogen-bond acceptors (Lipinski definition) is 4. The number of nitrogens with zero attached hydrogens (tertiary/aromatic N) is 2. The van der Waals surface area contributed by atoms with Gasteiger partial charge >= 0.3 is 5.97 Å². The molecule has 5 nitrogen and oxygen atoms in total. The third kappa shape index (κ3) is 3.07. The van der Waals surface area contributed by atoms with Gasteiger partial charge in [-0.15, -0.1) is 10.2 Å². The van der Waals surface area contributed by atoms with Crippen LogP contribution in [0.2, 0.25) is 5.02 Å². The Hall–Kier alpha value is -1.88. The van der Waals surface area contributed by atoms with E-state index in [1.54, 1.807) is 6.07 Å². The van der Waals surface area contributed by atoms with E-state index in [0.717, 1.165) is 11.1 Å². The number of carbonyl (C=O) groups is 1. The van der Waals surface area contributed by atoms with Crippen LogP contribution < -0.4 is 0 Å². The lowest BCUT2D eigenvalue weighted by molar-refractivity contribution is -0.137. The van der Waals surface area contributed by atoms with Gasteiger partial charge in [-0.2, -0.15) is 0 Å². The van der Waals surface area contributed by atoms with Gasteiger partial charge < -0.3 is 9.52 Å². The minimum atomic E-state index is -0.895. The number of carboxylic acid groups (broad SMARTS) is 1. The summed E-state index contributed by atoms with van der Waals surface area (Å²) in [4.78, 5) is 10.4. The highest BCUT2D eigenvalue weighted by Crippen LogP contribution is 2.23. The van der Waals surface area contributed by atoms with E-state index in [-0.39, 0.29) is 12.8 Å². The molecule has 0 saturated heterocycles. The molecule has 1 aromatic carbocycles. The molecule has 1 aromatic heterocycles. The van der Waals surface area contributed by atoms with E-state index in [0.29, 0.717) is 16.8 Å². The van der Waals surface area contributed by atoms with Crippen LogP contribution in [0.15, 0.2) is 22.6 Å². The highest BCUT2D eigenvalue weighted by atomic mass is 35.5. The molecule has 2 aromatic rings. The molecule has 0 aliphatic carbocycles. The summed E-state index contributed by atoms with van der Waals surface area (Å²) in [6.45, 7) is 1.91. The highest BCUT2D eigenvalue weighted by Gasteiger charge is 2.10. The molecule has 0 unspecified atom stereocenters.